The first-order chi connectivity index (χ1) is 8.28. The first-order valence-electron chi connectivity index (χ1n) is 6.48. The van der Waals surface area contributed by atoms with Crippen LogP contribution in [0.1, 0.15) is 33.6 Å². The largest absolute Gasteiger partial charge is 0.481 e. The van der Waals surface area contributed by atoms with E-state index < -0.39 is 23.6 Å². The van der Waals surface area contributed by atoms with E-state index in [4.69, 9.17) is 4.74 Å². The highest BCUT2D eigenvalue weighted by molar-refractivity contribution is 5.74. The van der Waals surface area contributed by atoms with Gasteiger partial charge >= 0.3 is 12.1 Å². The van der Waals surface area contributed by atoms with E-state index in [1.807, 2.05) is 20.8 Å². The van der Waals surface area contributed by atoms with Gasteiger partial charge in [0.25, 0.3) is 0 Å². The average molecular weight is 255 g/mol. The molecule has 1 saturated carbocycles. The summed E-state index contributed by atoms with van der Waals surface area (Å²) >= 11 is 0. The lowest BCUT2D eigenvalue weighted by atomic mass is 9.92. The Bertz CT molecular complexity index is 356. The zero-order valence-electron chi connectivity index (χ0n) is 11.2. The minimum absolute atomic E-state index is 0.106. The Balaban J connectivity index is 1.99. The quantitative estimate of drug-likeness (QED) is 0.819. The van der Waals surface area contributed by atoms with Gasteiger partial charge in [-0.2, -0.15) is 0 Å². The molecule has 0 spiro atoms. The highest BCUT2D eigenvalue weighted by Gasteiger charge is 2.47. The second-order valence-corrected chi connectivity index (χ2v) is 6.33. The van der Waals surface area contributed by atoms with Crippen LogP contribution in [0.25, 0.3) is 0 Å². The van der Waals surface area contributed by atoms with E-state index in [2.05, 4.69) is 0 Å². The monoisotopic (exact) mass is 255 g/mol. The molecular weight excluding hydrogens is 234 g/mol. The molecule has 1 N–H and O–H groups in total. The predicted molar refractivity (Wildman–Crippen MR) is 65.1 cm³/mol. The van der Waals surface area contributed by atoms with E-state index in [-0.39, 0.29) is 12.5 Å². The van der Waals surface area contributed by atoms with Crippen LogP contribution in [0.15, 0.2) is 0 Å². The molecule has 5 heteroatoms. The maximum absolute atomic E-state index is 11.9. The van der Waals surface area contributed by atoms with Gasteiger partial charge in [0.05, 0.1) is 5.92 Å². The maximum atomic E-state index is 11.9. The molecule has 1 aliphatic carbocycles. The second-order valence-electron chi connectivity index (χ2n) is 6.33. The van der Waals surface area contributed by atoms with Crippen molar-refractivity contribution in [1.29, 1.82) is 0 Å². The molecule has 0 aromatic carbocycles. The van der Waals surface area contributed by atoms with Crippen molar-refractivity contribution in [3.8, 4) is 0 Å². The Morgan fingerprint density at radius 3 is 2.28 bits per heavy atom. The zero-order chi connectivity index (χ0) is 13.5. The summed E-state index contributed by atoms with van der Waals surface area (Å²) in [5, 5.41) is 9.21. The molecule has 0 radical (unpaired) electrons. The van der Waals surface area contributed by atoms with Crippen molar-refractivity contribution < 1.29 is 19.4 Å². The summed E-state index contributed by atoms with van der Waals surface area (Å²) in [4.78, 5) is 24.7. The van der Waals surface area contributed by atoms with E-state index in [1.165, 1.54) is 0 Å². The summed E-state index contributed by atoms with van der Waals surface area (Å²) in [6.45, 7) is 6.25. The van der Waals surface area contributed by atoms with Crippen molar-refractivity contribution in [2.75, 3.05) is 13.1 Å². The second kappa shape index (κ2) is 4.44. The van der Waals surface area contributed by atoms with Crippen LogP contribution in [0.3, 0.4) is 0 Å². The van der Waals surface area contributed by atoms with Gasteiger partial charge in [-0.25, -0.2) is 4.79 Å². The van der Waals surface area contributed by atoms with Crippen molar-refractivity contribution in [1.82, 2.24) is 4.90 Å². The number of rotatable bonds is 2. The topological polar surface area (TPSA) is 66.8 Å². The summed E-state index contributed by atoms with van der Waals surface area (Å²) in [5.74, 6) is -0.628. The van der Waals surface area contributed by atoms with Gasteiger partial charge in [-0.05, 0) is 45.4 Å². The number of carboxylic acids is 1. The van der Waals surface area contributed by atoms with Gasteiger partial charge in [0.2, 0.25) is 0 Å². The van der Waals surface area contributed by atoms with Gasteiger partial charge in [0.1, 0.15) is 5.60 Å². The van der Waals surface area contributed by atoms with Crippen LogP contribution in [0, 0.1) is 17.8 Å². The molecule has 2 atom stereocenters. The van der Waals surface area contributed by atoms with E-state index in [0.717, 1.165) is 12.8 Å². The molecule has 0 aromatic heterocycles. The molecule has 0 bridgehead atoms. The summed E-state index contributed by atoms with van der Waals surface area (Å²) in [6, 6.07) is 0. The Morgan fingerprint density at radius 1 is 1.22 bits per heavy atom. The number of nitrogens with zero attached hydrogens (tertiary/aromatic N) is 1. The molecule has 18 heavy (non-hydrogen) atoms. The zero-order valence-corrected chi connectivity index (χ0v) is 11.2. The molecule has 2 fully saturated rings. The fourth-order valence-electron chi connectivity index (χ4n) is 2.57. The van der Waals surface area contributed by atoms with Crippen LogP contribution in [-0.4, -0.2) is 40.8 Å². The number of ether oxygens (including phenoxy) is 1. The first kappa shape index (κ1) is 13.2. The minimum Gasteiger partial charge on any atom is -0.481 e. The predicted octanol–water partition coefficient (Wildman–Crippen LogP) is 1.96. The summed E-state index contributed by atoms with van der Waals surface area (Å²) in [7, 11) is 0. The third kappa shape index (κ3) is 2.94. The molecule has 0 aromatic rings. The Morgan fingerprint density at radius 2 is 1.83 bits per heavy atom. The number of hydrogen-bond donors (Lipinski definition) is 1. The van der Waals surface area contributed by atoms with Crippen molar-refractivity contribution in [2.45, 2.75) is 39.2 Å². The molecule has 1 aliphatic heterocycles. The van der Waals surface area contributed by atoms with Gasteiger partial charge in [0, 0.05) is 13.1 Å². The van der Waals surface area contributed by atoms with Crippen LogP contribution in [0.2, 0.25) is 0 Å². The lowest BCUT2D eigenvalue weighted by Crippen LogP contribution is -2.36. The Kier molecular flexibility index (Phi) is 3.25. The van der Waals surface area contributed by atoms with Crippen LogP contribution in [0.5, 0.6) is 0 Å². The molecule has 0 unspecified atom stereocenters. The molecule has 5 nitrogen and oxygen atoms in total. The van der Waals surface area contributed by atoms with Crippen molar-refractivity contribution in [2.24, 2.45) is 17.8 Å². The highest BCUT2D eigenvalue weighted by atomic mass is 16.6. The van der Waals surface area contributed by atoms with E-state index >= 15 is 0 Å². The van der Waals surface area contributed by atoms with Crippen LogP contribution in [0.4, 0.5) is 4.79 Å². The third-order valence-corrected chi connectivity index (χ3v) is 3.56. The SMILES string of the molecule is CC(C)(C)OC(=O)N1C[C@H](C(=O)O)[C@H](C2CC2)C1. The molecule has 2 rings (SSSR count). The van der Waals surface area contributed by atoms with E-state index in [1.54, 1.807) is 4.90 Å². The lowest BCUT2D eigenvalue weighted by Gasteiger charge is -2.24. The number of amides is 1. The number of carboxylic acid groups (broad SMARTS) is 1. The van der Waals surface area contributed by atoms with Crippen molar-refractivity contribution in [3.05, 3.63) is 0 Å². The molecule has 1 saturated heterocycles. The van der Waals surface area contributed by atoms with Crippen LogP contribution in [-0.2, 0) is 9.53 Å². The smallest absolute Gasteiger partial charge is 0.410 e. The number of carbonyl (C=O) groups is 2. The van der Waals surface area contributed by atoms with E-state index in [9.17, 15) is 14.7 Å². The van der Waals surface area contributed by atoms with Gasteiger partial charge in [0.15, 0.2) is 0 Å². The summed E-state index contributed by atoms with van der Waals surface area (Å²) in [5.41, 5.74) is -0.534. The Labute approximate surface area is 107 Å². The summed E-state index contributed by atoms with van der Waals surface area (Å²) in [6.07, 6.45) is 1.80. The number of aliphatic carboxylic acids is 1. The lowest BCUT2D eigenvalue weighted by molar-refractivity contribution is -0.142. The standard InChI is InChI=1S/C13H21NO4/c1-13(2,3)18-12(17)14-6-9(8-4-5-8)10(7-14)11(15)16/h8-10H,4-7H2,1-3H3,(H,15,16)/t9-,10-/m0/s1. The van der Waals surface area contributed by atoms with Crippen LogP contribution >= 0.6 is 0 Å². The van der Waals surface area contributed by atoms with E-state index in [0.29, 0.717) is 12.5 Å². The minimum atomic E-state index is -0.794. The third-order valence-electron chi connectivity index (χ3n) is 3.56. The number of likely N-dealkylation sites (tertiary alicyclic amines) is 1. The van der Waals surface area contributed by atoms with Gasteiger partial charge < -0.3 is 14.7 Å². The average Bonchev–Trinajstić information content (AvgIpc) is 2.94. The number of carbonyl (C=O) groups excluding carboxylic acids is 1. The molecule has 1 heterocycles. The first-order valence-corrected chi connectivity index (χ1v) is 6.48. The Hall–Kier alpha value is -1.26. The molecule has 2 aliphatic rings. The van der Waals surface area contributed by atoms with Gasteiger partial charge in [-0.3, -0.25) is 4.79 Å². The summed E-state index contributed by atoms with van der Waals surface area (Å²) < 4.78 is 5.29. The fourth-order valence-corrected chi connectivity index (χ4v) is 2.57. The maximum Gasteiger partial charge on any atom is 0.410 e. The molecular formula is C13H21NO4. The van der Waals surface area contributed by atoms with Crippen molar-refractivity contribution >= 4 is 12.1 Å². The van der Waals surface area contributed by atoms with Crippen LogP contribution < -0.4 is 0 Å². The van der Waals surface area contributed by atoms with Crippen molar-refractivity contribution in [3.63, 3.8) is 0 Å². The number of hydrogen-bond acceptors (Lipinski definition) is 3. The molecule has 1 amide bonds. The molecule has 102 valence electrons. The highest BCUT2D eigenvalue weighted by Crippen LogP contribution is 2.44. The fraction of sp³-hybridized carbons (Fsp3) is 0.846. The van der Waals surface area contributed by atoms with Gasteiger partial charge in [-0.1, -0.05) is 0 Å². The normalized spacial score (nSPS) is 28.3. The van der Waals surface area contributed by atoms with Gasteiger partial charge in [-0.15, -0.1) is 0 Å².